The van der Waals surface area contributed by atoms with Gasteiger partial charge in [-0.2, -0.15) is 0 Å². The molecular weight excluding hydrogens is 274 g/mol. The summed E-state index contributed by atoms with van der Waals surface area (Å²) in [6.07, 6.45) is 3.80. The molecule has 0 radical (unpaired) electrons. The largest absolute Gasteiger partial charge is 0.354 e. The number of hydrogen-bond donors (Lipinski definition) is 1. The second kappa shape index (κ2) is 5.61. The molecule has 0 bridgehead atoms. The van der Waals surface area contributed by atoms with Crippen LogP contribution in [0.5, 0.6) is 0 Å². The van der Waals surface area contributed by atoms with E-state index in [4.69, 9.17) is 0 Å². The van der Waals surface area contributed by atoms with Crippen LogP contribution in [0.25, 0.3) is 0 Å². The number of thiophene rings is 1. The number of aryl methyl sites for hydroxylation is 1. The molecule has 1 aliphatic rings. The van der Waals surface area contributed by atoms with Gasteiger partial charge in [-0.05, 0) is 36.3 Å². The zero-order chi connectivity index (χ0) is 13.2. The molecule has 1 unspecified atom stereocenters. The number of rotatable bonds is 4. The zero-order valence-corrected chi connectivity index (χ0v) is 13.0. The van der Waals surface area contributed by atoms with Gasteiger partial charge in [-0.3, -0.25) is 0 Å². The highest BCUT2D eigenvalue weighted by Crippen LogP contribution is 2.33. The van der Waals surface area contributed by atoms with Crippen molar-refractivity contribution >= 4 is 27.8 Å². The first-order valence-corrected chi connectivity index (χ1v) is 8.41. The summed E-state index contributed by atoms with van der Waals surface area (Å²) in [5.74, 6) is 0. The van der Waals surface area contributed by atoms with E-state index >= 15 is 0 Å². The van der Waals surface area contributed by atoms with Crippen LogP contribution in [-0.2, 0) is 13.0 Å². The Kier molecular flexibility index (Phi) is 3.86. The Balaban J connectivity index is 1.64. The average molecular weight is 293 g/mol. The molecule has 0 fully saturated rings. The SMILES string of the molecule is CN(C)c1nc(CNC2CCCc3sccc32)cs1. The molecule has 0 saturated carbocycles. The van der Waals surface area contributed by atoms with Gasteiger partial charge in [-0.15, -0.1) is 22.7 Å². The first kappa shape index (κ1) is 13.1. The highest BCUT2D eigenvalue weighted by Gasteiger charge is 2.20. The number of aromatic nitrogens is 1. The third kappa shape index (κ3) is 2.83. The summed E-state index contributed by atoms with van der Waals surface area (Å²) in [6, 6.07) is 2.79. The van der Waals surface area contributed by atoms with Gasteiger partial charge in [0, 0.05) is 36.9 Å². The van der Waals surface area contributed by atoms with E-state index in [1.807, 2.05) is 25.4 Å². The van der Waals surface area contributed by atoms with Gasteiger partial charge < -0.3 is 10.2 Å². The van der Waals surface area contributed by atoms with Gasteiger partial charge in [0.15, 0.2) is 5.13 Å². The summed E-state index contributed by atoms with van der Waals surface area (Å²) in [7, 11) is 4.07. The predicted molar refractivity (Wildman–Crippen MR) is 83.3 cm³/mol. The summed E-state index contributed by atoms with van der Waals surface area (Å²) in [6.45, 7) is 0.865. The van der Waals surface area contributed by atoms with E-state index in [1.54, 1.807) is 16.2 Å². The van der Waals surface area contributed by atoms with Crippen molar-refractivity contribution in [1.82, 2.24) is 10.3 Å². The molecule has 5 heteroatoms. The van der Waals surface area contributed by atoms with Crippen LogP contribution in [0.1, 0.15) is 35.0 Å². The molecule has 2 aromatic heterocycles. The van der Waals surface area contributed by atoms with E-state index in [0.717, 1.165) is 17.4 Å². The topological polar surface area (TPSA) is 28.2 Å². The van der Waals surface area contributed by atoms with Gasteiger partial charge in [-0.25, -0.2) is 4.98 Å². The zero-order valence-electron chi connectivity index (χ0n) is 11.3. The fourth-order valence-electron chi connectivity index (χ4n) is 2.51. The van der Waals surface area contributed by atoms with Crippen LogP contribution in [-0.4, -0.2) is 19.1 Å². The molecule has 0 saturated heterocycles. The second-order valence-electron chi connectivity index (χ2n) is 5.14. The van der Waals surface area contributed by atoms with E-state index in [-0.39, 0.29) is 0 Å². The number of hydrogen-bond acceptors (Lipinski definition) is 5. The molecule has 3 rings (SSSR count). The number of nitrogens with one attached hydrogen (secondary N) is 1. The Morgan fingerprint density at radius 2 is 2.32 bits per heavy atom. The quantitative estimate of drug-likeness (QED) is 0.936. The molecular formula is C14H19N3S2. The molecule has 19 heavy (non-hydrogen) atoms. The van der Waals surface area contributed by atoms with Gasteiger partial charge in [-0.1, -0.05) is 0 Å². The summed E-state index contributed by atoms with van der Waals surface area (Å²) < 4.78 is 0. The number of anilines is 1. The number of fused-ring (bicyclic) bond motifs is 1. The van der Waals surface area contributed by atoms with Crippen LogP contribution in [0, 0.1) is 0 Å². The van der Waals surface area contributed by atoms with Gasteiger partial charge in [0.1, 0.15) is 0 Å². The fourth-order valence-corrected chi connectivity index (χ4v) is 4.25. The highest BCUT2D eigenvalue weighted by molar-refractivity contribution is 7.13. The van der Waals surface area contributed by atoms with Gasteiger partial charge >= 0.3 is 0 Å². The first-order valence-electron chi connectivity index (χ1n) is 6.65. The van der Waals surface area contributed by atoms with E-state index in [1.165, 1.54) is 24.8 Å². The molecule has 2 heterocycles. The minimum absolute atomic E-state index is 0.513. The molecule has 1 N–H and O–H groups in total. The van der Waals surface area contributed by atoms with Crippen LogP contribution in [0.15, 0.2) is 16.8 Å². The molecule has 2 aromatic rings. The summed E-state index contributed by atoms with van der Waals surface area (Å²) in [5.41, 5.74) is 2.66. The van der Waals surface area contributed by atoms with E-state index in [9.17, 15) is 0 Å². The van der Waals surface area contributed by atoms with Gasteiger partial charge in [0.2, 0.25) is 0 Å². The van der Waals surface area contributed by atoms with Crippen molar-refractivity contribution in [3.8, 4) is 0 Å². The van der Waals surface area contributed by atoms with Crippen LogP contribution in [0.2, 0.25) is 0 Å². The standard InChI is InChI=1S/C14H19N3S2/c1-17(2)14-16-10(9-19-14)8-15-12-4-3-5-13-11(12)6-7-18-13/h6-7,9,12,15H,3-5,8H2,1-2H3. The van der Waals surface area contributed by atoms with Crippen molar-refractivity contribution in [2.75, 3.05) is 19.0 Å². The second-order valence-corrected chi connectivity index (χ2v) is 6.98. The lowest BCUT2D eigenvalue weighted by atomic mass is 9.94. The van der Waals surface area contributed by atoms with Crippen LogP contribution < -0.4 is 10.2 Å². The van der Waals surface area contributed by atoms with E-state index < -0.39 is 0 Å². The van der Waals surface area contributed by atoms with Gasteiger partial charge in [0.05, 0.1) is 5.69 Å². The molecule has 0 aliphatic heterocycles. The maximum Gasteiger partial charge on any atom is 0.185 e. The van der Waals surface area contributed by atoms with Crippen LogP contribution in [0.4, 0.5) is 5.13 Å². The minimum atomic E-state index is 0.513. The maximum atomic E-state index is 4.62. The van der Waals surface area contributed by atoms with E-state index in [2.05, 4.69) is 32.0 Å². The third-order valence-electron chi connectivity index (χ3n) is 3.50. The van der Waals surface area contributed by atoms with Crippen molar-refractivity contribution in [2.24, 2.45) is 0 Å². The Bertz CT molecular complexity index is 544. The Labute approximate surface area is 122 Å². The number of nitrogens with zero attached hydrogens (tertiary/aromatic N) is 2. The van der Waals surface area contributed by atoms with Crippen molar-refractivity contribution < 1.29 is 0 Å². The summed E-state index contributed by atoms with van der Waals surface area (Å²) in [5, 5.41) is 9.12. The Morgan fingerprint density at radius 3 is 3.11 bits per heavy atom. The lowest BCUT2D eigenvalue weighted by Gasteiger charge is -2.23. The molecule has 0 spiro atoms. The molecule has 102 valence electrons. The lowest BCUT2D eigenvalue weighted by Crippen LogP contribution is -2.24. The van der Waals surface area contributed by atoms with E-state index in [0.29, 0.717) is 6.04 Å². The number of thiazole rings is 1. The molecule has 0 aromatic carbocycles. The Morgan fingerprint density at radius 1 is 1.42 bits per heavy atom. The highest BCUT2D eigenvalue weighted by atomic mass is 32.1. The lowest BCUT2D eigenvalue weighted by molar-refractivity contribution is 0.461. The molecule has 1 atom stereocenters. The van der Waals surface area contributed by atoms with Crippen molar-refractivity contribution in [3.63, 3.8) is 0 Å². The summed E-state index contributed by atoms with van der Waals surface area (Å²) in [4.78, 5) is 8.25. The molecule has 0 amide bonds. The fraction of sp³-hybridized carbons (Fsp3) is 0.500. The summed E-state index contributed by atoms with van der Waals surface area (Å²) >= 11 is 3.61. The predicted octanol–water partition coefficient (Wildman–Crippen LogP) is 3.44. The third-order valence-corrected chi connectivity index (χ3v) is 5.56. The van der Waals surface area contributed by atoms with Crippen molar-refractivity contribution in [2.45, 2.75) is 31.8 Å². The van der Waals surface area contributed by atoms with Gasteiger partial charge in [0.25, 0.3) is 0 Å². The van der Waals surface area contributed by atoms with Crippen LogP contribution in [0.3, 0.4) is 0 Å². The average Bonchev–Trinajstić information content (AvgIpc) is 3.05. The van der Waals surface area contributed by atoms with Crippen molar-refractivity contribution in [1.29, 1.82) is 0 Å². The van der Waals surface area contributed by atoms with Crippen LogP contribution >= 0.6 is 22.7 Å². The Hall–Kier alpha value is -0.910. The smallest absolute Gasteiger partial charge is 0.185 e. The normalized spacial score (nSPS) is 18.3. The monoisotopic (exact) mass is 293 g/mol. The first-order chi connectivity index (χ1) is 9.24. The van der Waals surface area contributed by atoms with Crippen molar-refractivity contribution in [3.05, 3.63) is 33.0 Å². The molecule has 1 aliphatic carbocycles. The molecule has 3 nitrogen and oxygen atoms in total. The minimum Gasteiger partial charge on any atom is -0.354 e. The maximum absolute atomic E-state index is 4.62.